The Bertz CT molecular complexity index is 819. The van der Waals surface area contributed by atoms with E-state index in [2.05, 4.69) is 12.2 Å². The molecule has 2 aromatic carbocycles. The molecule has 25 heavy (non-hydrogen) atoms. The van der Waals surface area contributed by atoms with Crippen LogP contribution in [0.4, 0.5) is 0 Å². The van der Waals surface area contributed by atoms with Gasteiger partial charge in [-0.1, -0.05) is 42.8 Å². The van der Waals surface area contributed by atoms with Gasteiger partial charge >= 0.3 is 0 Å². The van der Waals surface area contributed by atoms with Gasteiger partial charge in [-0.05, 0) is 44.0 Å². The lowest BCUT2D eigenvalue weighted by Crippen LogP contribution is -2.40. The first-order valence-electron chi connectivity index (χ1n) is 8.42. The Balaban J connectivity index is 0.00000225. The highest BCUT2D eigenvalue weighted by Crippen LogP contribution is 2.32. The molecule has 1 fully saturated rings. The number of sulfonamides is 1. The van der Waals surface area contributed by atoms with E-state index in [1.807, 2.05) is 24.3 Å². The van der Waals surface area contributed by atoms with Gasteiger partial charge in [0.2, 0.25) is 10.0 Å². The second-order valence-corrected chi connectivity index (χ2v) is 8.56. The van der Waals surface area contributed by atoms with Crippen molar-refractivity contribution in [3.63, 3.8) is 0 Å². The van der Waals surface area contributed by atoms with Crippen molar-refractivity contribution >= 4 is 44.8 Å². The summed E-state index contributed by atoms with van der Waals surface area (Å²) in [5.74, 6) is 0.554. The molecular weight excluding hydrogens is 379 g/mol. The summed E-state index contributed by atoms with van der Waals surface area (Å²) in [5.41, 5.74) is 0. The molecule has 0 amide bonds. The maximum atomic E-state index is 13.1. The van der Waals surface area contributed by atoms with Crippen molar-refractivity contribution in [1.82, 2.24) is 9.62 Å². The van der Waals surface area contributed by atoms with E-state index in [0.29, 0.717) is 34.3 Å². The zero-order valence-corrected chi connectivity index (χ0v) is 16.6. The van der Waals surface area contributed by atoms with Crippen LogP contribution < -0.4 is 5.32 Å². The molecule has 0 saturated carbocycles. The van der Waals surface area contributed by atoms with E-state index in [-0.39, 0.29) is 12.4 Å². The normalized spacial score (nSPS) is 16.7. The molecule has 138 valence electrons. The van der Waals surface area contributed by atoms with Gasteiger partial charge in [0.15, 0.2) is 0 Å². The van der Waals surface area contributed by atoms with Crippen LogP contribution in [0, 0.1) is 5.92 Å². The number of rotatable bonds is 5. The largest absolute Gasteiger partial charge is 0.317 e. The molecule has 3 rings (SSSR count). The molecule has 0 atom stereocenters. The van der Waals surface area contributed by atoms with E-state index in [4.69, 9.17) is 11.6 Å². The topological polar surface area (TPSA) is 49.4 Å². The van der Waals surface area contributed by atoms with Crippen LogP contribution >= 0.6 is 24.0 Å². The van der Waals surface area contributed by atoms with Gasteiger partial charge in [-0.15, -0.1) is 12.4 Å². The minimum Gasteiger partial charge on any atom is -0.317 e. The molecule has 1 saturated heterocycles. The molecule has 0 bridgehead atoms. The maximum Gasteiger partial charge on any atom is 0.243 e. The number of benzene rings is 2. The summed E-state index contributed by atoms with van der Waals surface area (Å²) in [6.45, 7) is 5.17. The lowest BCUT2D eigenvalue weighted by Gasteiger charge is -2.31. The van der Waals surface area contributed by atoms with Crippen LogP contribution in [0.25, 0.3) is 10.8 Å². The number of fused-ring (bicyclic) bond motifs is 1. The number of hydrogen-bond acceptors (Lipinski definition) is 3. The minimum atomic E-state index is -3.50. The number of piperidine rings is 1. The number of nitrogens with zero attached hydrogens (tertiary/aromatic N) is 1. The SMILES string of the molecule is CCNCC1CCN(S(=O)(=O)c2ccc(Cl)c3ccccc23)CC1.Cl. The van der Waals surface area contributed by atoms with E-state index in [1.54, 1.807) is 16.4 Å². The zero-order chi connectivity index (χ0) is 17.2. The summed E-state index contributed by atoms with van der Waals surface area (Å²) in [4.78, 5) is 0.354. The Morgan fingerprint density at radius 3 is 2.40 bits per heavy atom. The number of halogens is 2. The number of hydrogen-bond donors (Lipinski definition) is 1. The van der Waals surface area contributed by atoms with E-state index >= 15 is 0 Å². The standard InChI is InChI=1S/C18H23ClN2O2S.ClH/c1-2-20-13-14-9-11-21(12-10-14)24(22,23)18-8-7-17(19)15-5-3-4-6-16(15)18;/h3-8,14,20H,2,9-13H2,1H3;1H. The third-order valence-electron chi connectivity index (χ3n) is 4.71. The van der Waals surface area contributed by atoms with Crippen LogP contribution in [-0.4, -0.2) is 38.9 Å². The van der Waals surface area contributed by atoms with Gasteiger partial charge in [0.1, 0.15) is 0 Å². The van der Waals surface area contributed by atoms with E-state index < -0.39 is 10.0 Å². The summed E-state index contributed by atoms with van der Waals surface area (Å²) >= 11 is 6.22. The van der Waals surface area contributed by atoms with Crippen LogP contribution in [0.15, 0.2) is 41.3 Å². The first-order valence-corrected chi connectivity index (χ1v) is 10.2. The van der Waals surface area contributed by atoms with Gasteiger partial charge in [-0.25, -0.2) is 8.42 Å². The molecule has 0 aliphatic carbocycles. The first kappa shape index (κ1) is 20.5. The first-order chi connectivity index (χ1) is 11.5. The van der Waals surface area contributed by atoms with Crippen molar-refractivity contribution < 1.29 is 8.42 Å². The predicted molar refractivity (Wildman–Crippen MR) is 106 cm³/mol. The number of nitrogens with one attached hydrogen (secondary N) is 1. The molecule has 0 aromatic heterocycles. The summed E-state index contributed by atoms with van der Waals surface area (Å²) in [5, 5.41) is 5.40. The zero-order valence-electron chi connectivity index (χ0n) is 14.2. The molecule has 0 radical (unpaired) electrons. The van der Waals surface area contributed by atoms with Crippen LogP contribution in [0.1, 0.15) is 19.8 Å². The van der Waals surface area contributed by atoms with E-state index in [0.717, 1.165) is 31.3 Å². The molecule has 0 spiro atoms. The average molecular weight is 403 g/mol. The van der Waals surface area contributed by atoms with E-state index in [9.17, 15) is 8.42 Å². The fraction of sp³-hybridized carbons (Fsp3) is 0.444. The third-order valence-corrected chi connectivity index (χ3v) is 6.99. The Hall–Kier alpha value is -0.850. The smallest absolute Gasteiger partial charge is 0.243 e. The van der Waals surface area contributed by atoms with Gasteiger partial charge < -0.3 is 5.32 Å². The average Bonchev–Trinajstić information content (AvgIpc) is 2.60. The summed E-state index contributed by atoms with van der Waals surface area (Å²) in [7, 11) is -3.50. The maximum absolute atomic E-state index is 13.1. The molecule has 1 aliphatic heterocycles. The summed E-state index contributed by atoms with van der Waals surface area (Å²) < 4.78 is 27.8. The quantitative estimate of drug-likeness (QED) is 0.823. The van der Waals surface area contributed by atoms with E-state index in [1.165, 1.54) is 0 Å². The van der Waals surface area contributed by atoms with Gasteiger partial charge in [-0.3, -0.25) is 0 Å². The van der Waals surface area contributed by atoms with Crippen LogP contribution in [0.3, 0.4) is 0 Å². The fourth-order valence-electron chi connectivity index (χ4n) is 3.30. The monoisotopic (exact) mass is 402 g/mol. The molecule has 1 N–H and O–H groups in total. The van der Waals surface area contributed by atoms with Crippen molar-refractivity contribution in [1.29, 1.82) is 0 Å². The van der Waals surface area contributed by atoms with Crippen LogP contribution in [0.5, 0.6) is 0 Å². The van der Waals surface area contributed by atoms with Crippen molar-refractivity contribution in [3.05, 3.63) is 41.4 Å². The highest BCUT2D eigenvalue weighted by molar-refractivity contribution is 7.89. The Morgan fingerprint density at radius 2 is 1.76 bits per heavy atom. The lowest BCUT2D eigenvalue weighted by molar-refractivity contribution is 0.268. The highest BCUT2D eigenvalue weighted by Gasteiger charge is 2.30. The third kappa shape index (κ3) is 4.29. The van der Waals surface area contributed by atoms with Crippen molar-refractivity contribution in [3.8, 4) is 0 Å². The second-order valence-electron chi connectivity index (χ2n) is 6.25. The molecule has 1 heterocycles. The summed E-state index contributed by atoms with van der Waals surface area (Å²) in [6.07, 6.45) is 1.80. The van der Waals surface area contributed by atoms with Gasteiger partial charge in [0.25, 0.3) is 0 Å². The van der Waals surface area contributed by atoms with Crippen molar-refractivity contribution in [2.75, 3.05) is 26.2 Å². The fourth-order valence-corrected chi connectivity index (χ4v) is 5.19. The Labute approximate surface area is 161 Å². The molecule has 4 nitrogen and oxygen atoms in total. The molecule has 0 unspecified atom stereocenters. The lowest BCUT2D eigenvalue weighted by atomic mass is 9.98. The molecular formula is C18H24Cl2N2O2S. The van der Waals surface area contributed by atoms with Gasteiger partial charge in [-0.2, -0.15) is 4.31 Å². The Kier molecular flexibility index (Phi) is 7.11. The predicted octanol–water partition coefficient (Wildman–Crippen LogP) is 3.93. The Morgan fingerprint density at radius 1 is 1.12 bits per heavy atom. The molecule has 1 aliphatic rings. The van der Waals surface area contributed by atoms with Crippen LogP contribution in [-0.2, 0) is 10.0 Å². The van der Waals surface area contributed by atoms with Crippen LogP contribution in [0.2, 0.25) is 5.02 Å². The second kappa shape index (κ2) is 8.69. The molecule has 7 heteroatoms. The highest BCUT2D eigenvalue weighted by atomic mass is 35.5. The molecule has 2 aromatic rings. The minimum absolute atomic E-state index is 0. The van der Waals surface area contributed by atoms with Gasteiger partial charge in [0.05, 0.1) is 4.90 Å². The van der Waals surface area contributed by atoms with Crippen molar-refractivity contribution in [2.24, 2.45) is 5.92 Å². The van der Waals surface area contributed by atoms with Crippen molar-refractivity contribution in [2.45, 2.75) is 24.7 Å². The summed E-state index contributed by atoms with van der Waals surface area (Å²) in [6, 6.07) is 10.7. The van der Waals surface area contributed by atoms with Gasteiger partial charge in [0, 0.05) is 28.9 Å².